The van der Waals surface area contributed by atoms with Gasteiger partial charge in [0.05, 0.1) is 0 Å². The number of nitrogens with two attached hydrogens (primary N) is 1. The standard InChI is InChI=1S/C28H49NOS.C2H6/c1-18(25(30)31-29)19(2)26(3,4)17-21-11-13-23-22-12-10-20-9-7-8-15-27(20,5)24(22)14-16-28(21,23)6;1-2/h18-24H,7-17,29H2,1-6H3;1-2H3. The highest BCUT2D eigenvalue weighted by atomic mass is 32.2. The summed E-state index contributed by atoms with van der Waals surface area (Å²) in [6, 6.07) is 0. The molecule has 3 heteroatoms. The van der Waals surface area contributed by atoms with Crippen LogP contribution in [0.3, 0.4) is 0 Å². The summed E-state index contributed by atoms with van der Waals surface area (Å²) in [6.45, 7) is 18.6. The summed E-state index contributed by atoms with van der Waals surface area (Å²) < 4.78 is 0. The zero-order chi connectivity index (χ0) is 24.6. The van der Waals surface area contributed by atoms with Crippen LogP contribution in [-0.4, -0.2) is 5.12 Å². The molecular weight excluding hydrogens is 422 g/mol. The van der Waals surface area contributed by atoms with Gasteiger partial charge in [0.2, 0.25) is 5.12 Å². The Hall–Kier alpha value is -0.0200. The highest BCUT2D eigenvalue weighted by Gasteiger charge is 2.60. The topological polar surface area (TPSA) is 43.1 Å². The van der Waals surface area contributed by atoms with E-state index < -0.39 is 0 Å². The third-order valence-corrected chi connectivity index (χ3v) is 12.6. The summed E-state index contributed by atoms with van der Waals surface area (Å²) in [7, 11) is 0. The fourth-order valence-corrected chi connectivity index (χ4v) is 9.97. The van der Waals surface area contributed by atoms with Crippen LogP contribution in [-0.2, 0) is 4.79 Å². The molecule has 33 heavy (non-hydrogen) atoms. The molecule has 0 aliphatic heterocycles. The Morgan fingerprint density at radius 2 is 1.61 bits per heavy atom. The first-order chi connectivity index (χ1) is 15.5. The van der Waals surface area contributed by atoms with Crippen molar-refractivity contribution in [2.24, 2.45) is 62.8 Å². The van der Waals surface area contributed by atoms with Crippen LogP contribution in [0.1, 0.15) is 126 Å². The van der Waals surface area contributed by atoms with Gasteiger partial charge in [-0.2, -0.15) is 0 Å². The van der Waals surface area contributed by atoms with E-state index in [0.29, 0.717) is 16.7 Å². The first kappa shape index (κ1) is 27.6. The van der Waals surface area contributed by atoms with Gasteiger partial charge < -0.3 is 0 Å². The van der Waals surface area contributed by atoms with Crippen molar-refractivity contribution in [1.29, 1.82) is 0 Å². The van der Waals surface area contributed by atoms with Gasteiger partial charge in [-0.3, -0.25) is 9.93 Å². The lowest BCUT2D eigenvalue weighted by Crippen LogP contribution is -2.53. The predicted molar refractivity (Wildman–Crippen MR) is 145 cm³/mol. The number of fused-ring (bicyclic) bond motifs is 5. The van der Waals surface area contributed by atoms with Crippen molar-refractivity contribution in [2.75, 3.05) is 0 Å². The van der Waals surface area contributed by atoms with Crippen molar-refractivity contribution in [3.05, 3.63) is 0 Å². The van der Waals surface area contributed by atoms with E-state index in [2.05, 4.69) is 41.5 Å². The van der Waals surface area contributed by atoms with E-state index >= 15 is 0 Å². The highest BCUT2D eigenvalue weighted by molar-refractivity contribution is 8.11. The summed E-state index contributed by atoms with van der Waals surface area (Å²) >= 11 is 0.920. The number of rotatable bonds is 5. The molecule has 0 aromatic rings. The van der Waals surface area contributed by atoms with Gasteiger partial charge in [-0.15, -0.1) is 0 Å². The smallest absolute Gasteiger partial charge is 0.206 e. The van der Waals surface area contributed by atoms with E-state index in [9.17, 15) is 4.79 Å². The van der Waals surface area contributed by atoms with E-state index in [1.54, 1.807) is 0 Å². The maximum atomic E-state index is 12.3. The second kappa shape index (κ2) is 10.5. The normalized spacial score (nSPS) is 42.2. The Labute approximate surface area is 210 Å². The van der Waals surface area contributed by atoms with Crippen molar-refractivity contribution >= 4 is 17.1 Å². The molecule has 4 rings (SSSR count). The zero-order valence-corrected chi connectivity index (χ0v) is 24.0. The summed E-state index contributed by atoms with van der Waals surface area (Å²) in [6.07, 6.45) is 16.1. The molecule has 4 fully saturated rings. The molecule has 0 heterocycles. The monoisotopic (exact) mass is 477 g/mol. The average Bonchev–Trinajstić information content (AvgIpc) is 3.14. The number of carbonyl (C=O) groups is 1. The molecule has 0 saturated heterocycles. The molecule has 0 radical (unpaired) electrons. The van der Waals surface area contributed by atoms with Gasteiger partial charge in [0.15, 0.2) is 0 Å². The molecule has 0 aromatic carbocycles. The molecule has 192 valence electrons. The van der Waals surface area contributed by atoms with E-state index in [-0.39, 0.29) is 16.4 Å². The minimum atomic E-state index is 0.0345. The highest BCUT2D eigenvalue weighted by Crippen LogP contribution is 2.68. The quantitative estimate of drug-likeness (QED) is 0.402. The van der Waals surface area contributed by atoms with Gasteiger partial charge in [-0.25, -0.2) is 0 Å². The van der Waals surface area contributed by atoms with Crippen LogP contribution in [0.5, 0.6) is 0 Å². The van der Waals surface area contributed by atoms with E-state index in [1.165, 1.54) is 70.6 Å². The summed E-state index contributed by atoms with van der Waals surface area (Å²) in [5.41, 5.74) is 1.34. The second-order valence-electron chi connectivity index (χ2n) is 13.4. The van der Waals surface area contributed by atoms with Crippen molar-refractivity contribution in [1.82, 2.24) is 0 Å². The van der Waals surface area contributed by atoms with Crippen LogP contribution in [0.2, 0.25) is 0 Å². The molecule has 2 nitrogen and oxygen atoms in total. The van der Waals surface area contributed by atoms with Crippen LogP contribution >= 0.6 is 11.9 Å². The van der Waals surface area contributed by atoms with E-state index in [4.69, 9.17) is 5.14 Å². The summed E-state index contributed by atoms with van der Waals surface area (Å²) in [5.74, 6) is 5.16. The van der Waals surface area contributed by atoms with E-state index in [1.807, 2.05) is 13.8 Å². The van der Waals surface area contributed by atoms with Gasteiger partial charge in [-0.05, 0) is 121 Å². The average molecular weight is 478 g/mol. The van der Waals surface area contributed by atoms with Gasteiger partial charge >= 0.3 is 0 Å². The van der Waals surface area contributed by atoms with Crippen LogP contribution in [0.4, 0.5) is 0 Å². The van der Waals surface area contributed by atoms with Gasteiger partial charge in [0.1, 0.15) is 0 Å². The molecule has 9 unspecified atom stereocenters. The van der Waals surface area contributed by atoms with E-state index in [0.717, 1.165) is 41.5 Å². The molecule has 0 bridgehead atoms. The minimum Gasteiger partial charge on any atom is -0.286 e. The number of carbonyl (C=O) groups excluding carboxylic acids is 1. The van der Waals surface area contributed by atoms with Gasteiger partial charge in [-0.1, -0.05) is 68.2 Å². The van der Waals surface area contributed by atoms with Gasteiger partial charge in [0, 0.05) is 5.92 Å². The fraction of sp³-hybridized carbons (Fsp3) is 0.967. The number of hydrogen-bond acceptors (Lipinski definition) is 3. The third-order valence-electron chi connectivity index (χ3n) is 12.0. The van der Waals surface area contributed by atoms with Crippen LogP contribution in [0.15, 0.2) is 0 Å². The first-order valence-electron chi connectivity index (χ1n) is 14.4. The Balaban J connectivity index is 0.00000149. The van der Waals surface area contributed by atoms with Crippen molar-refractivity contribution in [3.63, 3.8) is 0 Å². The zero-order valence-electron chi connectivity index (χ0n) is 23.2. The lowest BCUT2D eigenvalue weighted by atomic mass is 9.44. The minimum absolute atomic E-state index is 0.0345. The molecule has 9 atom stereocenters. The summed E-state index contributed by atoms with van der Waals surface area (Å²) in [4.78, 5) is 12.3. The first-order valence-corrected chi connectivity index (χ1v) is 15.3. The maximum absolute atomic E-state index is 12.3. The van der Waals surface area contributed by atoms with Crippen molar-refractivity contribution in [2.45, 2.75) is 126 Å². The molecule has 0 amide bonds. The Morgan fingerprint density at radius 1 is 0.939 bits per heavy atom. The SMILES string of the molecule is CC.CC(C(=O)SN)C(C)C(C)(C)CC1CCC2C3CCC4CCCCC4(C)C3CCC12C. The van der Waals surface area contributed by atoms with Crippen LogP contribution < -0.4 is 5.14 Å². The van der Waals surface area contributed by atoms with Gasteiger partial charge in [0.25, 0.3) is 0 Å². The van der Waals surface area contributed by atoms with Crippen LogP contribution in [0.25, 0.3) is 0 Å². The molecule has 0 spiro atoms. The Morgan fingerprint density at radius 3 is 2.27 bits per heavy atom. The van der Waals surface area contributed by atoms with Crippen molar-refractivity contribution < 1.29 is 4.79 Å². The van der Waals surface area contributed by atoms with Crippen LogP contribution in [0, 0.1) is 57.7 Å². The number of hydrogen-bond donors (Lipinski definition) is 1. The summed E-state index contributed by atoms with van der Waals surface area (Å²) in [5, 5.41) is 5.76. The maximum Gasteiger partial charge on any atom is 0.206 e. The Bertz CT molecular complexity index is 676. The molecule has 2 N–H and O–H groups in total. The van der Waals surface area contributed by atoms with Crippen molar-refractivity contribution in [3.8, 4) is 0 Å². The third kappa shape index (κ3) is 4.85. The second-order valence-corrected chi connectivity index (χ2v) is 14.1. The molecule has 4 saturated carbocycles. The molecule has 0 aromatic heterocycles. The largest absolute Gasteiger partial charge is 0.286 e. The fourth-order valence-electron chi connectivity index (χ4n) is 9.55. The molecule has 4 aliphatic rings. The predicted octanol–water partition coefficient (Wildman–Crippen LogP) is 8.88. The Kier molecular flexibility index (Phi) is 8.80. The lowest BCUT2D eigenvalue weighted by Gasteiger charge is -2.61. The lowest BCUT2D eigenvalue weighted by molar-refractivity contribution is -0.118. The molecular formula is C30H55NOS. The molecule has 4 aliphatic carbocycles.